The maximum atomic E-state index is 12.5. The van der Waals surface area contributed by atoms with E-state index in [0.717, 1.165) is 32.5 Å². The number of aryl methyl sites for hydroxylation is 2. The number of nitrogens with one attached hydrogen (secondary N) is 1. The van der Waals surface area contributed by atoms with E-state index in [1.165, 1.54) is 46.9 Å². The van der Waals surface area contributed by atoms with Crippen molar-refractivity contribution in [3.8, 4) is 0 Å². The van der Waals surface area contributed by atoms with Gasteiger partial charge in [0.15, 0.2) is 0 Å². The predicted octanol–water partition coefficient (Wildman–Crippen LogP) is 5.70. The molecule has 4 heteroatoms. The lowest BCUT2D eigenvalue weighted by Crippen LogP contribution is -2.44. The summed E-state index contributed by atoms with van der Waals surface area (Å²) in [5, 5.41) is 4.41. The number of carbonyl (C=O) groups excluding carboxylic acids is 1. The fourth-order valence-electron chi connectivity index (χ4n) is 5.37. The Labute approximate surface area is 199 Å². The first-order chi connectivity index (χ1) is 16.0. The van der Waals surface area contributed by atoms with Crippen molar-refractivity contribution in [2.45, 2.75) is 77.9 Å². The maximum Gasteiger partial charge on any atom is 0.220 e. The van der Waals surface area contributed by atoms with Crippen LogP contribution in [-0.4, -0.2) is 40.5 Å². The lowest BCUT2D eigenvalue weighted by Gasteiger charge is -2.39. The van der Waals surface area contributed by atoms with Gasteiger partial charge >= 0.3 is 0 Å². The van der Waals surface area contributed by atoms with Crippen LogP contribution in [0.2, 0.25) is 0 Å². The first-order valence-corrected chi connectivity index (χ1v) is 12.7. The Kier molecular flexibility index (Phi) is 7.87. The molecule has 4 rings (SSSR count). The second kappa shape index (κ2) is 11.0. The Balaban J connectivity index is 1.31. The van der Waals surface area contributed by atoms with Gasteiger partial charge in [0, 0.05) is 55.2 Å². The van der Waals surface area contributed by atoms with Crippen LogP contribution in [0.5, 0.6) is 0 Å². The summed E-state index contributed by atoms with van der Waals surface area (Å²) in [5.41, 5.74) is 5.13. The van der Waals surface area contributed by atoms with Crippen molar-refractivity contribution in [2.24, 2.45) is 0 Å². The number of aromatic nitrogens is 1. The standard InChI is InChI=1S/C29H39N3O/c1-22-10-4-5-13-25(22)20-31-21-26(27-14-6-7-15-28(27)31)16-17-29(33)30-18-9-19-32-23(2)11-8-12-24(32)3/h4-7,10,13-15,21,23-24H,8-9,11-12,16-20H2,1-3H3,(H,30,33)/t23-,24+. The molecule has 2 heterocycles. The number of hydrogen-bond donors (Lipinski definition) is 1. The zero-order valence-corrected chi connectivity index (χ0v) is 20.5. The van der Waals surface area contributed by atoms with Crippen LogP contribution in [0.15, 0.2) is 54.7 Å². The van der Waals surface area contributed by atoms with Gasteiger partial charge in [-0.1, -0.05) is 48.9 Å². The van der Waals surface area contributed by atoms with E-state index in [0.29, 0.717) is 18.5 Å². The third-order valence-electron chi connectivity index (χ3n) is 7.39. The zero-order chi connectivity index (χ0) is 23.2. The van der Waals surface area contributed by atoms with Crippen molar-refractivity contribution in [2.75, 3.05) is 13.1 Å². The molecule has 3 aromatic rings. The molecule has 1 aromatic heterocycles. The highest BCUT2D eigenvalue weighted by atomic mass is 16.1. The smallest absolute Gasteiger partial charge is 0.220 e. The van der Waals surface area contributed by atoms with Gasteiger partial charge in [0.05, 0.1) is 0 Å². The first-order valence-electron chi connectivity index (χ1n) is 12.7. The summed E-state index contributed by atoms with van der Waals surface area (Å²) in [4.78, 5) is 15.2. The van der Waals surface area contributed by atoms with Crippen LogP contribution < -0.4 is 5.32 Å². The summed E-state index contributed by atoms with van der Waals surface area (Å²) in [6.07, 6.45) is 8.51. The molecule has 1 N–H and O–H groups in total. The van der Waals surface area contributed by atoms with Gasteiger partial charge in [-0.25, -0.2) is 0 Å². The molecular formula is C29H39N3O. The number of para-hydroxylation sites is 1. The fourth-order valence-corrected chi connectivity index (χ4v) is 5.37. The molecule has 0 bridgehead atoms. The quantitative estimate of drug-likeness (QED) is 0.429. The Morgan fingerprint density at radius 2 is 1.73 bits per heavy atom. The summed E-state index contributed by atoms with van der Waals surface area (Å²) in [6.45, 7) is 9.54. The molecule has 2 atom stereocenters. The number of fused-ring (bicyclic) bond motifs is 1. The lowest BCUT2D eigenvalue weighted by atomic mass is 9.97. The number of likely N-dealkylation sites (tertiary alicyclic amines) is 1. The zero-order valence-electron chi connectivity index (χ0n) is 20.5. The van der Waals surface area contributed by atoms with E-state index in [9.17, 15) is 4.79 Å². The molecule has 4 nitrogen and oxygen atoms in total. The van der Waals surface area contributed by atoms with E-state index in [1.54, 1.807) is 0 Å². The largest absolute Gasteiger partial charge is 0.356 e. The van der Waals surface area contributed by atoms with E-state index >= 15 is 0 Å². The van der Waals surface area contributed by atoms with Crippen molar-refractivity contribution in [1.29, 1.82) is 0 Å². The fraction of sp³-hybridized carbons (Fsp3) is 0.483. The van der Waals surface area contributed by atoms with E-state index in [-0.39, 0.29) is 5.91 Å². The molecule has 0 spiro atoms. The molecular weight excluding hydrogens is 406 g/mol. The highest BCUT2D eigenvalue weighted by molar-refractivity contribution is 5.85. The van der Waals surface area contributed by atoms with E-state index < -0.39 is 0 Å². The minimum absolute atomic E-state index is 0.158. The first kappa shape index (κ1) is 23.6. The second-order valence-corrected chi connectivity index (χ2v) is 9.80. The van der Waals surface area contributed by atoms with Crippen LogP contribution in [0.3, 0.4) is 0 Å². The molecule has 176 valence electrons. The van der Waals surface area contributed by atoms with Crippen LogP contribution in [0.4, 0.5) is 0 Å². The molecule has 2 aromatic carbocycles. The number of nitrogens with zero attached hydrogens (tertiary/aromatic N) is 2. The highest BCUT2D eigenvalue weighted by Crippen LogP contribution is 2.25. The molecule has 1 aliphatic heterocycles. The molecule has 0 aliphatic carbocycles. The summed E-state index contributed by atoms with van der Waals surface area (Å²) < 4.78 is 2.33. The normalized spacial score (nSPS) is 19.1. The Bertz CT molecular complexity index is 1060. The number of rotatable bonds is 9. The van der Waals surface area contributed by atoms with Crippen LogP contribution in [0.25, 0.3) is 10.9 Å². The third-order valence-corrected chi connectivity index (χ3v) is 7.39. The van der Waals surface area contributed by atoms with Crippen molar-refractivity contribution in [3.05, 3.63) is 71.4 Å². The minimum Gasteiger partial charge on any atom is -0.356 e. The van der Waals surface area contributed by atoms with Crippen LogP contribution in [-0.2, 0) is 17.8 Å². The molecule has 1 saturated heterocycles. The Morgan fingerprint density at radius 1 is 1.00 bits per heavy atom. The van der Waals surface area contributed by atoms with Crippen molar-refractivity contribution < 1.29 is 4.79 Å². The van der Waals surface area contributed by atoms with Gasteiger partial charge in [-0.3, -0.25) is 9.69 Å². The number of hydrogen-bond acceptors (Lipinski definition) is 2. The van der Waals surface area contributed by atoms with Crippen LogP contribution in [0.1, 0.15) is 62.6 Å². The van der Waals surface area contributed by atoms with Crippen molar-refractivity contribution >= 4 is 16.8 Å². The topological polar surface area (TPSA) is 37.3 Å². The van der Waals surface area contributed by atoms with E-state index in [1.807, 2.05) is 0 Å². The summed E-state index contributed by atoms with van der Waals surface area (Å²) in [5.74, 6) is 0.158. The van der Waals surface area contributed by atoms with Crippen LogP contribution >= 0.6 is 0 Å². The maximum absolute atomic E-state index is 12.5. The number of carbonyl (C=O) groups is 1. The summed E-state index contributed by atoms with van der Waals surface area (Å²) >= 11 is 0. The minimum atomic E-state index is 0.158. The molecule has 33 heavy (non-hydrogen) atoms. The second-order valence-electron chi connectivity index (χ2n) is 9.80. The number of amides is 1. The molecule has 0 saturated carbocycles. The monoisotopic (exact) mass is 445 g/mol. The molecule has 0 radical (unpaired) electrons. The SMILES string of the molecule is Cc1ccccc1Cn1cc(CCC(=O)NCCCN2[C@H](C)CCC[C@@H]2C)c2ccccc21. The van der Waals surface area contributed by atoms with Gasteiger partial charge in [-0.15, -0.1) is 0 Å². The van der Waals surface area contributed by atoms with E-state index in [2.05, 4.69) is 90.3 Å². The van der Waals surface area contributed by atoms with Crippen molar-refractivity contribution in [1.82, 2.24) is 14.8 Å². The van der Waals surface area contributed by atoms with Gasteiger partial charge in [0.25, 0.3) is 0 Å². The number of benzene rings is 2. The lowest BCUT2D eigenvalue weighted by molar-refractivity contribution is -0.121. The third kappa shape index (κ3) is 5.86. The van der Waals surface area contributed by atoms with Gasteiger partial charge in [-0.05, 0) is 69.2 Å². The molecule has 1 fully saturated rings. The van der Waals surface area contributed by atoms with Gasteiger partial charge in [0.1, 0.15) is 0 Å². The average molecular weight is 446 g/mol. The molecule has 0 unspecified atom stereocenters. The van der Waals surface area contributed by atoms with Crippen molar-refractivity contribution in [3.63, 3.8) is 0 Å². The predicted molar refractivity (Wildman–Crippen MR) is 138 cm³/mol. The molecule has 1 aliphatic rings. The van der Waals surface area contributed by atoms with Gasteiger partial charge < -0.3 is 9.88 Å². The Morgan fingerprint density at radius 3 is 2.52 bits per heavy atom. The van der Waals surface area contributed by atoms with E-state index in [4.69, 9.17) is 0 Å². The summed E-state index contributed by atoms with van der Waals surface area (Å²) in [6, 6.07) is 18.4. The highest BCUT2D eigenvalue weighted by Gasteiger charge is 2.23. The average Bonchev–Trinajstić information content (AvgIpc) is 3.16. The summed E-state index contributed by atoms with van der Waals surface area (Å²) in [7, 11) is 0. The van der Waals surface area contributed by atoms with Gasteiger partial charge in [0.2, 0.25) is 5.91 Å². The van der Waals surface area contributed by atoms with Crippen LogP contribution in [0, 0.1) is 6.92 Å². The number of piperidine rings is 1. The Hall–Kier alpha value is -2.59. The van der Waals surface area contributed by atoms with Gasteiger partial charge in [-0.2, -0.15) is 0 Å². The molecule has 1 amide bonds.